The van der Waals surface area contributed by atoms with Crippen molar-refractivity contribution in [2.75, 3.05) is 4.90 Å². The zero-order chi connectivity index (χ0) is 37.1. The van der Waals surface area contributed by atoms with Crippen molar-refractivity contribution >= 4 is 49.4 Å². The third-order valence-corrected chi connectivity index (χ3v) is 12.9. The number of nitrogens with zero attached hydrogens (tertiary/aromatic N) is 1. The minimum absolute atomic E-state index is 0.105. The number of hydrogen-bond acceptors (Lipinski definition) is 1. The van der Waals surface area contributed by atoms with Gasteiger partial charge >= 0.3 is 0 Å². The molecule has 0 radical (unpaired) electrons. The maximum Gasteiger partial charge on any atom is 0.0543 e. The number of rotatable bonds is 4. The first-order chi connectivity index (χ1) is 26.8. The fourth-order valence-electron chi connectivity index (χ4n) is 10.1. The molecule has 0 unspecified atom stereocenters. The average molecular weight is 704 g/mol. The molecule has 2 aliphatic carbocycles. The summed E-state index contributed by atoms with van der Waals surface area (Å²) >= 11 is 0. The Labute approximate surface area is 323 Å². The van der Waals surface area contributed by atoms with Crippen molar-refractivity contribution in [2.24, 2.45) is 0 Å². The van der Waals surface area contributed by atoms with Crippen LogP contribution >= 0.6 is 0 Å². The van der Waals surface area contributed by atoms with E-state index in [4.69, 9.17) is 0 Å². The molecule has 55 heavy (non-hydrogen) atoms. The van der Waals surface area contributed by atoms with E-state index < -0.39 is 0 Å². The minimum atomic E-state index is -0.105. The van der Waals surface area contributed by atoms with E-state index >= 15 is 0 Å². The van der Waals surface area contributed by atoms with Crippen molar-refractivity contribution in [1.29, 1.82) is 0 Å². The van der Waals surface area contributed by atoms with Gasteiger partial charge in [-0.3, -0.25) is 0 Å². The molecule has 0 fully saturated rings. The first-order valence-electron chi connectivity index (χ1n) is 19.5. The largest absolute Gasteiger partial charge is 0.309 e. The lowest BCUT2D eigenvalue weighted by Crippen LogP contribution is -2.17. The van der Waals surface area contributed by atoms with Crippen molar-refractivity contribution in [3.63, 3.8) is 0 Å². The topological polar surface area (TPSA) is 3.24 Å². The van der Waals surface area contributed by atoms with Crippen LogP contribution in [0.1, 0.15) is 49.9 Å². The fraction of sp³-hybridized carbons (Fsp3) is 0.111. The van der Waals surface area contributed by atoms with Gasteiger partial charge in [-0.05, 0) is 107 Å². The lowest BCUT2D eigenvalue weighted by atomic mass is 9.82. The molecule has 0 N–H and O–H groups in total. The Hall–Kier alpha value is -6.44. The predicted molar refractivity (Wildman–Crippen MR) is 234 cm³/mol. The number of fused-ring (bicyclic) bond motifs is 11. The molecule has 9 aromatic rings. The molecule has 1 heteroatoms. The van der Waals surface area contributed by atoms with Gasteiger partial charge in [-0.25, -0.2) is 0 Å². The molecule has 9 aromatic carbocycles. The Morgan fingerprint density at radius 1 is 0.345 bits per heavy atom. The molecule has 0 bridgehead atoms. The van der Waals surface area contributed by atoms with Crippen molar-refractivity contribution in [1.82, 2.24) is 0 Å². The number of anilines is 3. The SMILES string of the molecule is CC1(C)c2ccccc2-c2c(N(c3ccc(-c4cc5c6ccccc6ccc5c5ccccc45)cc3)c3cccc4c3-c3ccccc3C4(C)C)cccc21. The summed E-state index contributed by atoms with van der Waals surface area (Å²) in [5, 5.41) is 7.70. The van der Waals surface area contributed by atoms with E-state index in [-0.39, 0.29) is 10.8 Å². The second-order valence-corrected chi connectivity index (χ2v) is 16.5. The molecule has 0 atom stereocenters. The quantitative estimate of drug-likeness (QED) is 0.165. The Morgan fingerprint density at radius 2 is 0.836 bits per heavy atom. The maximum absolute atomic E-state index is 2.55. The van der Waals surface area contributed by atoms with Gasteiger partial charge in [0.15, 0.2) is 0 Å². The Morgan fingerprint density at radius 3 is 1.45 bits per heavy atom. The van der Waals surface area contributed by atoms with Gasteiger partial charge in [0, 0.05) is 27.6 Å². The van der Waals surface area contributed by atoms with Gasteiger partial charge in [0.2, 0.25) is 0 Å². The van der Waals surface area contributed by atoms with Crippen LogP contribution < -0.4 is 4.90 Å². The summed E-state index contributed by atoms with van der Waals surface area (Å²) in [6, 6.07) is 65.8. The molecule has 0 aromatic heterocycles. The Balaban J connectivity index is 1.16. The molecule has 262 valence electrons. The normalized spacial score (nSPS) is 14.5. The van der Waals surface area contributed by atoms with E-state index in [2.05, 4.69) is 209 Å². The molecule has 0 amide bonds. The molecule has 1 nitrogen and oxygen atoms in total. The van der Waals surface area contributed by atoms with Crippen LogP contribution in [0, 0.1) is 0 Å². The molecular weight excluding hydrogens is 663 g/mol. The van der Waals surface area contributed by atoms with Gasteiger partial charge in [-0.2, -0.15) is 0 Å². The first kappa shape index (κ1) is 32.0. The van der Waals surface area contributed by atoms with Gasteiger partial charge < -0.3 is 4.90 Å². The number of benzene rings is 9. The van der Waals surface area contributed by atoms with Crippen LogP contribution in [0.2, 0.25) is 0 Å². The minimum Gasteiger partial charge on any atom is -0.309 e. The van der Waals surface area contributed by atoms with Crippen LogP contribution in [0.4, 0.5) is 17.1 Å². The van der Waals surface area contributed by atoms with Crippen LogP contribution in [0.3, 0.4) is 0 Å². The highest BCUT2D eigenvalue weighted by Crippen LogP contribution is 2.58. The van der Waals surface area contributed by atoms with Crippen LogP contribution in [0.5, 0.6) is 0 Å². The van der Waals surface area contributed by atoms with Crippen molar-refractivity contribution in [3.05, 3.63) is 198 Å². The van der Waals surface area contributed by atoms with Crippen molar-refractivity contribution in [3.8, 4) is 33.4 Å². The fourth-order valence-corrected chi connectivity index (χ4v) is 10.1. The Kier molecular flexibility index (Phi) is 6.72. The summed E-state index contributed by atoms with van der Waals surface area (Å²) in [6.45, 7) is 9.49. The van der Waals surface area contributed by atoms with E-state index in [0.717, 1.165) is 5.69 Å². The van der Waals surface area contributed by atoms with Crippen LogP contribution in [-0.2, 0) is 10.8 Å². The lowest BCUT2D eigenvalue weighted by Gasteiger charge is -2.31. The van der Waals surface area contributed by atoms with Gasteiger partial charge in [-0.15, -0.1) is 0 Å². The molecule has 0 heterocycles. The second-order valence-electron chi connectivity index (χ2n) is 16.5. The van der Waals surface area contributed by atoms with Crippen LogP contribution in [-0.4, -0.2) is 0 Å². The van der Waals surface area contributed by atoms with E-state index in [0.29, 0.717) is 0 Å². The summed E-state index contributed by atoms with van der Waals surface area (Å²) in [7, 11) is 0. The van der Waals surface area contributed by atoms with Gasteiger partial charge in [-0.1, -0.05) is 173 Å². The van der Waals surface area contributed by atoms with Crippen LogP contribution in [0.25, 0.3) is 65.7 Å². The Bertz CT molecular complexity index is 2930. The monoisotopic (exact) mass is 703 g/mol. The molecule has 2 aliphatic rings. The number of hydrogen-bond donors (Lipinski definition) is 0. The molecule has 0 aliphatic heterocycles. The summed E-state index contributed by atoms with van der Waals surface area (Å²) in [6.07, 6.45) is 0. The van der Waals surface area contributed by atoms with Crippen LogP contribution in [0.15, 0.2) is 176 Å². The summed E-state index contributed by atoms with van der Waals surface area (Å²) in [4.78, 5) is 2.55. The summed E-state index contributed by atoms with van der Waals surface area (Å²) in [5.41, 5.74) is 16.6. The highest BCUT2D eigenvalue weighted by atomic mass is 15.1. The third kappa shape index (κ3) is 4.47. The molecule has 0 saturated carbocycles. The standard InChI is InChI=1S/C54H41N/c1-53(2)45-21-11-9-19-41(45)51-47(53)23-13-25-49(51)55(50-26-14-24-48-52(50)42-20-10-12-22-46(42)54(48,3)4)36-30-27-35(28-31-36)43-33-44-37-16-6-5-15-34(37)29-32-40(44)38-17-7-8-18-39(38)43/h5-33H,1-4H3. The molecule has 0 spiro atoms. The zero-order valence-electron chi connectivity index (χ0n) is 31.7. The van der Waals surface area contributed by atoms with Gasteiger partial charge in [0.1, 0.15) is 0 Å². The molecular formula is C54H41N. The van der Waals surface area contributed by atoms with E-state index in [1.54, 1.807) is 0 Å². The van der Waals surface area contributed by atoms with E-state index in [1.165, 1.54) is 99.3 Å². The smallest absolute Gasteiger partial charge is 0.0543 e. The van der Waals surface area contributed by atoms with E-state index in [9.17, 15) is 0 Å². The average Bonchev–Trinajstić information content (AvgIpc) is 3.61. The summed E-state index contributed by atoms with van der Waals surface area (Å²) in [5.74, 6) is 0. The van der Waals surface area contributed by atoms with Gasteiger partial charge in [0.05, 0.1) is 11.4 Å². The molecule has 0 saturated heterocycles. The van der Waals surface area contributed by atoms with E-state index in [1.807, 2.05) is 0 Å². The second kappa shape index (κ2) is 11.5. The lowest BCUT2D eigenvalue weighted by molar-refractivity contribution is 0.660. The summed E-state index contributed by atoms with van der Waals surface area (Å²) < 4.78 is 0. The first-order valence-corrected chi connectivity index (χ1v) is 19.5. The maximum atomic E-state index is 2.55. The zero-order valence-corrected chi connectivity index (χ0v) is 31.7. The highest BCUT2D eigenvalue weighted by Gasteiger charge is 2.40. The third-order valence-electron chi connectivity index (χ3n) is 12.9. The van der Waals surface area contributed by atoms with Gasteiger partial charge in [0.25, 0.3) is 0 Å². The predicted octanol–water partition coefficient (Wildman–Crippen LogP) is 14.9. The molecule has 11 rings (SSSR count). The van der Waals surface area contributed by atoms with Crippen molar-refractivity contribution in [2.45, 2.75) is 38.5 Å². The van der Waals surface area contributed by atoms with Crippen molar-refractivity contribution < 1.29 is 0 Å². The highest BCUT2D eigenvalue weighted by molar-refractivity contribution is 6.21.